The molecular weight excluding hydrogens is 252 g/mol. The van der Waals surface area contributed by atoms with Crippen LogP contribution in [0.4, 0.5) is 4.79 Å². The number of carbonyl (C=O) groups excluding carboxylic acids is 1. The molecule has 17 heavy (non-hydrogen) atoms. The Kier molecular flexibility index (Phi) is 5.89. The SMILES string of the molecule is CN(CCS(C)(=O)=O)C(=O)N[C@H](CO)C(=O)O. The van der Waals surface area contributed by atoms with Crippen LogP contribution in [0.3, 0.4) is 0 Å². The van der Waals surface area contributed by atoms with Crippen LogP contribution in [0.25, 0.3) is 0 Å². The van der Waals surface area contributed by atoms with Crippen molar-refractivity contribution in [3.63, 3.8) is 0 Å². The number of aliphatic carboxylic acids is 1. The van der Waals surface area contributed by atoms with E-state index < -0.39 is 34.5 Å². The molecule has 1 atom stereocenters. The van der Waals surface area contributed by atoms with Crippen molar-refractivity contribution in [2.75, 3.05) is 32.2 Å². The second-order valence-electron chi connectivity index (χ2n) is 3.57. The van der Waals surface area contributed by atoms with Gasteiger partial charge in [-0.2, -0.15) is 0 Å². The van der Waals surface area contributed by atoms with E-state index in [1.165, 1.54) is 7.05 Å². The van der Waals surface area contributed by atoms with Crippen LogP contribution in [0.5, 0.6) is 0 Å². The molecule has 0 aliphatic heterocycles. The van der Waals surface area contributed by atoms with Gasteiger partial charge in [-0.3, -0.25) is 0 Å². The maximum Gasteiger partial charge on any atom is 0.328 e. The number of urea groups is 1. The highest BCUT2D eigenvalue weighted by Crippen LogP contribution is 1.91. The molecule has 100 valence electrons. The lowest BCUT2D eigenvalue weighted by molar-refractivity contribution is -0.140. The smallest absolute Gasteiger partial charge is 0.328 e. The van der Waals surface area contributed by atoms with Crippen LogP contribution in [0.1, 0.15) is 0 Å². The number of aliphatic hydroxyl groups excluding tert-OH is 1. The molecule has 0 spiro atoms. The van der Waals surface area contributed by atoms with Crippen molar-refractivity contribution in [1.82, 2.24) is 10.2 Å². The predicted molar refractivity (Wildman–Crippen MR) is 59.4 cm³/mol. The van der Waals surface area contributed by atoms with Gasteiger partial charge in [0.1, 0.15) is 9.84 Å². The Labute approximate surface area is 99.1 Å². The van der Waals surface area contributed by atoms with Crippen molar-refractivity contribution in [2.45, 2.75) is 6.04 Å². The third-order valence-corrected chi connectivity index (χ3v) is 2.85. The Morgan fingerprint density at radius 2 is 1.94 bits per heavy atom. The third kappa shape index (κ3) is 6.74. The van der Waals surface area contributed by atoms with Crippen molar-refractivity contribution in [2.24, 2.45) is 0 Å². The summed E-state index contributed by atoms with van der Waals surface area (Å²) in [7, 11) is -1.86. The molecule has 0 aromatic heterocycles. The molecule has 0 saturated heterocycles. The number of amides is 2. The minimum Gasteiger partial charge on any atom is -0.480 e. The van der Waals surface area contributed by atoms with Gasteiger partial charge < -0.3 is 20.4 Å². The minimum atomic E-state index is -3.19. The van der Waals surface area contributed by atoms with Crippen LogP contribution in [0, 0.1) is 0 Å². The maximum absolute atomic E-state index is 11.4. The fourth-order valence-electron chi connectivity index (χ4n) is 0.849. The van der Waals surface area contributed by atoms with Gasteiger partial charge in [0.25, 0.3) is 0 Å². The van der Waals surface area contributed by atoms with E-state index in [0.29, 0.717) is 0 Å². The molecule has 0 aliphatic rings. The molecular formula is C8H16N2O6S. The standard InChI is InChI=1S/C8H16N2O6S/c1-10(3-4-17(2,15)16)8(14)9-6(5-11)7(12)13/h6,11H,3-5H2,1-2H3,(H,9,14)(H,12,13)/t6-/m1/s1. The summed E-state index contributed by atoms with van der Waals surface area (Å²) in [5.74, 6) is -1.58. The minimum absolute atomic E-state index is 0.0531. The molecule has 9 heteroatoms. The van der Waals surface area contributed by atoms with Gasteiger partial charge in [0.2, 0.25) is 0 Å². The second-order valence-corrected chi connectivity index (χ2v) is 5.83. The van der Waals surface area contributed by atoms with E-state index in [0.717, 1.165) is 11.2 Å². The lowest BCUT2D eigenvalue weighted by atomic mass is 10.3. The molecule has 8 nitrogen and oxygen atoms in total. The average molecular weight is 268 g/mol. The number of sulfone groups is 1. The first kappa shape index (κ1) is 15.7. The Bertz CT molecular complexity index is 379. The molecule has 0 fully saturated rings. The second kappa shape index (κ2) is 6.40. The summed E-state index contributed by atoms with van der Waals surface area (Å²) < 4.78 is 21.7. The molecule has 0 aromatic carbocycles. The molecule has 0 saturated carbocycles. The van der Waals surface area contributed by atoms with Crippen LogP contribution in [-0.4, -0.2) is 73.8 Å². The molecule has 0 aliphatic carbocycles. The monoisotopic (exact) mass is 268 g/mol. The summed E-state index contributed by atoms with van der Waals surface area (Å²) in [6.07, 6.45) is 1.03. The molecule has 0 bridgehead atoms. The van der Waals surface area contributed by atoms with Gasteiger partial charge in [-0.05, 0) is 0 Å². The number of nitrogens with zero attached hydrogens (tertiary/aromatic N) is 1. The number of carboxylic acid groups (broad SMARTS) is 1. The number of rotatable bonds is 6. The summed E-state index contributed by atoms with van der Waals surface area (Å²) in [5.41, 5.74) is 0. The van der Waals surface area contributed by atoms with E-state index in [4.69, 9.17) is 10.2 Å². The maximum atomic E-state index is 11.4. The summed E-state index contributed by atoms with van der Waals surface area (Å²) in [4.78, 5) is 22.9. The first-order valence-electron chi connectivity index (χ1n) is 4.70. The zero-order valence-electron chi connectivity index (χ0n) is 9.58. The van der Waals surface area contributed by atoms with Gasteiger partial charge in [0.15, 0.2) is 6.04 Å². The lowest BCUT2D eigenvalue weighted by Gasteiger charge is -2.19. The van der Waals surface area contributed by atoms with E-state index >= 15 is 0 Å². The Hall–Kier alpha value is -1.35. The molecule has 0 radical (unpaired) electrons. The van der Waals surface area contributed by atoms with E-state index in [-0.39, 0.29) is 12.3 Å². The topological polar surface area (TPSA) is 124 Å². The normalized spacial score (nSPS) is 12.9. The molecule has 0 aromatic rings. The van der Waals surface area contributed by atoms with Crippen LogP contribution in [0.15, 0.2) is 0 Å². The van der Waals surface area contributed by atoms with E-state index in [1.54, 1.807) is 0 Å². The molecule has 3 N–H and O–H groups in total. The Morgan fingerprint density at radius 3 is 2.29 bits per heavy atom. The van der Waals surface area contributed by atoms with Crippen molar-refractivity contribution in [1.29, 1.82) is 0 Å². The molecule has 0 unspecified atom stereocenters. The number of carboxylic acids is 1. The van der Waals surface area contributed by atoms with Crippen molar-refractivity contribution in [3.8, 4) is 0 Å². The van der Waals surface area contributed by atoms with Gasteiger partial charge in [0, 0.05) is 19.8 Å². The van der Waals surface area contributed by atoms with E-state index in [9.17, 15) is 18.0 Å². The number of hydrogen-bond donors (Lipinski definition) is 3. The summed E-state index contributed by atoms with van der Waals surface area (Å²) in [6, 6.07) is -2.15. The lowest BCUT2D eigenvalue weighted by Crippen LogP contribution is -2.49. The van der Waals surface area contributed by atoms with Crippen LogP contribution in [0.2, 0.25) is 0 Å². The van der Waals surface area contributed by atoms with E-state index in [2.05, 4.69) is 0 Å². The predicted octanol–water partition coefficient (Wildman–Crippen LogP) is -1.88. The first-order valence-corrected chi connectivity index (χ1v) is 6.76. The molecule has 0 heterocycles. The van der Waals surface area contributed by atoms with Gasteiger partial charge >= 0.3 is 12.0 Å². The van der Waals surface area contributed by atoms with Crippen LogP contribution in [-0.2, 0) is 14.6 Å². The zero-order chi connectivity index (χ0) is 13.6. The molecule has 0 rings (SSSR count). The summed E-state index contributed by atoms with van der Waals surface area (Å²) in [6.45, 7) is -0.788. The number of aliphatic hydroxyl groups is 1. The van der Waals surface area contributed by atoms with Crippen LogP contribution < -0.4 is 5.32 Å². The number of carbonyl (C=O) groups is 2. The van der Waals surface area contributed by atoms with Crippen molar-refractivity contribution in [3.05, 3.63) is 0 Å². The summed E-state index contributed by atoms with van der Waals surface area (Å²) >= 11 is 0. The quantitative estimate of drug-likeness (QED) is 0.518. The van der Waals surface area contributed by atoms with Crippen LogP contribution >= 0.6 is 0 Å². The highest BCUT2D eigenvalue weighted by molar-refractivity contribution is 7.90. The van der Waals surface area contributed by atoms with Crippen molar-refractivity contribution >= 4 is 21.8 Å². The number of nitrogens with one attached hydrogen (secondary N) is 1. The fraction of sp³-hybridized carbons (Fsp3) is 0.750. The zero-order valence-corrected chi connectivity index (χ0v) is 10.4. The Morgan fingerprint density at radius 1 is 1.41 bits per heavy atom. The largest absolute Gasteiger partial charge is 0.480 e. The van der Waals surface area contributed by atoms with E-state index in [1.807, 2.05) is 5.32 Å². The van der Waals surface area contributed by atoms with Crippen molar-refractivity contribution < 1.29 is 28.2 Å². The van der Waals surface area contributed by atoms with Gasteiger partial charge in [0.05, 0.1) is 12.4 Å². The number of hydrogen-bond acceptors (Lipinski definition) is 5. The fourth-order valence-corrected chi connectivity index (χ4v) is 1.45. The summed E-state index contributed by atoms with van der Waals surface area (Å²) in [5, 5.41) is 19.3. The van der Waals surface area contributed by atoms with Gasteiger partial charge in [-0.1, -0.05) is 0 Å². The van der Waals surface area contributed by atoms with Gasteiger partial charge in [-0.15, -0.1) is 0 Å². The average Bonchev–Trinajstić information content (AvgIpc) is 2.20. The third-order valence-electron chi connectivity index (χ3n) is 1.92. The highest BCUT2D eigenvalue weighted by Gasteiger charge is 2.21. The highest BCUT2D eigenvalue weighted by atomic mass is 32.2. The van der Waals surface area contributed by atoms with Gasteiger partial charge in [-0.25, -0.2) is 18.0 Å². The molecule has 2 amide bonds. The Balaban J connectivity index is 4.27. The first-order chi connectivity index (χ1) is 7.67.